The van der Waals surface area contributed by atoms with Crippen LogP contribution in [0, 0.1) is 6.92 Å². The van der Waals surface area contributed by atoms with Crippen LogP contribution in [0.3, 0.4) is 0 Å². The Morgan fingerprint density at radius 2 is 2.00 bits per heavy atom. The minimum Gasteiger partial charge on any atom is -0.336 e. The Balaban J connectivity index is 1.84. The van der Waals surface area contributed by atoms with Crippen molar-refractivity contribution in [3.8, 4) is 0 Å². The zero-order chi connectivity index (χ0) is 15.5. The summed E-state index contributed by atoms with van der Waals surface area (Å²) in [6.07, 6.45) is 0.769. The molecule has 3 rings (SSSR count). The van der Waals surface area contributed by atoms with E-state index >= 15 is 0 Å². The maximum atomic E-state index is 12.6. The van der Waals surface area contributed by atoms with Gasteiger partial charge in [0.1, 0.15) is 5.71 Å². The van der Waals surface area contributed by atoms with Gasteiger partial charge in [0.05, 0.1) is 5.69 Å². The summed E-state index contributed by atoms with van der Waals surface area (Å²) in [5, 5.41) is 5.73. The van der Waals surface area contributed by atoms with E-state index in [0.29, 0.717) is 18.6 Å². The summed E-state index contributed by atoms with van der Waals surface area (Å²) in [5.74, 6) is 1.86. The van der Waals surface area contributed by atoms with Crippen molar-refractivity contribution in [2.24, 2.45) is 5.10 Å². The van der Waals surface area contributed by atoms with Gasteiger partial charge in [-0.1, -0.05) is 12.1 Å². The minimum atomic E-state index is -0.0589. The number of anilines is 1. The van der Waals surface area contributed by atoms with E-state index in [1.54, 1.807) is 0 Å². The van der Waals surface area contributed by atoms with Crippen LogP contribution in [0.2, 0.25) is 0 Å². The Kier molecular flexibility index (Phi) is 4.47. The molecular weight excluding hydrogens is 298 g/mol. The zero-order valence-electron chi connectivity index (χ0n) is 12.6. The number of thioether (sulfide) groups is 1. The van der Waals surface area contributed by atoms with Crippen LogP contribution in [-0.2, 0) is 9.59 Å². The summed E-state index contributed by atoms with van der Waals surface area (Å²) in [5.41, 5.74) is 2.28. The van der Waals surface area contributed by atoms with E-state index in [0.717, 1.165) is 35.8 Å². The van der Waals surface area contributed by atoms with Crippen molar-refractivity contribution in [3.63, 3.8) is 0 Å². The first kappa shape index (κ1) is 15.1. The lowest BCUT2D eigenvalue weighted by Crippen LogP contribution is -2.44. The maximum Gasteiger partial charge on any atom is 0.270 e. The molecule has 0 saturated carbocycles. The summed E-state index contributed by atoms with van der Waals surface area (Å²) >= 11 is 1.86. The molecule has 0 bridgehead atoms. The van der Waals surface area contributed by atoms with E-state index in [4.69, 9.17) is 0 Å². The van der Waals surface area contributed by atoms with Gasteiger partial charge >= 0.3 is 0 Å². The van der Waals surface area contributed by atoms with Crippen LogP contribution in [0.5, 0.6) is 0 Å². The molecule has 0 N–H and O–H groups in total. The van der Waals surface area contributed by atoms with Gasteiger partial charge in [-0.15, -0.1) is 0 Å². The molecule has 0 radical (unpaired) electrons. The number of nitrogens with zero attached hydrogens (tertiary/aromatic N) is 3. The van der Waals surface area contributed by atoms with Gasteiger partial charge in [-0.25, -0.2) is 5.01 Å². The normalized spacial score (nSPS) is 19.1. The SMILES string of the molecule is Cc1cccc(N2N=C(C(=O)N3CCSCC3)CCC2=O)c1. The van der Waals surface area contributed by atoms with Crippen molar-refractivity contribution in [2.75, 3.05) is 29.6 Å². The van der Waals surface area contributed by atoms with Crippen molar-refractivity contribution in [1.82, 2.24) is 4.90 Å². The molecule has 1 aromatic rings. The van der Waals surface area contributed by atoms with Gasteiger partial charge in [0.15, 0.2) is 0 Å². The third-order valence-corrected chi connectivity index (χ3v) is 4.77. The molecule has 2 aliphatic heterocycles. The van der Waals surface area contributed by atoms with Gasteiger partial charge in [-0.2, -0.15) is 16.9 Å². The van der Waals surface area contributed by atoms with Crippen LogP contribution in [0.4, 0.5) is 5.69 Å². The summed E-state index contributed by atoms with van der Waals surface area (Å²) in [6, 6.07) is 7.62. The van der Waals surface area contributed by atoms with Gasteiger partial charge in [0.25, 0.3) is 5.91 Å². The Morgan fingerprint density at radius 3 is 2.73 bits per heavy atom. The quantitative estimate of drug-likeness (QED) is 0.839. The second kappa shape index (κ2) is 6.52. The van der Waals surface area contributed by atoms with Crippen LogP contribution >= 0.6 is 11.8 Å². The molecule has 2 aliphatic rings. The number of carbonyl (C=O) groups excluding carboxylic acids is 2. The van der Waals surface area contributed by atoms with Gasteiger partial charge in [0, 0.05) is 37.4 Å². The molecule has 22 heavy (non-hydrogen) atoms. The number of hydrogen-bond acceptors (Lipinski definition) is 4. The van der Waals surface area contributed by atoms with Crippen LogP contribution in [-0.4, -0.2) is 47.0 Å². The number of benzene rings is 1. The fourth-order valence-electron chi connectivity index (χ4n) is 2.62. The third kappa shape index (κ3) is 3.16. The molecule has 116 valence electrons. The number of hydrazone groups is 1. The van der Waals surface area contributed by atoms with Crippen LogP contribution in [0.25, 0.3) is 0 Å². The Bertz CT molecular complexity index is 624. The van der Waals surface area contributed by atoms with Crippen LogP contribution < -0.4 is 5.01 Å². The lowest BCUT2D eigenvalue weighted by molar-refractivity contribution is -0.124. The average Bonchev–Trinajstić information content (AvgIpc) is 2.55. The monoisotopic (exact) mass is 317 g/mol. The van der Waals surface area contributed by atoms with Crippen molar-refractivity contribution in [2.45, 2.75) is 19.8 Å². The largest absolute Gasteiger partial charge is 0.336 e. The lowest BCUT2D eigenvalue weighted by Gasteiger charge is -2.29. The van der Waals surface area contributed by atoms with Gasteiger partial charge in [0.2, 0.25) is 5.91 Å². The lowest BCUT2D eigenvalue weighted by atomic mass is 10.1. The van der Waals surface area contributed by atoms with Crippen molar-refractivity contribution >= 4 is 35.0 Å². The first-order chi connectivity index (χ1) is 10.6. The van der Waals surface area contributed by atoms with E-state index in [1.165, 1.54) is 5.01 Å². The Labute approximate surface area is 134 Å². The summed E-state index contributed by atoms with van der Waals surface area (Å²) < 4.78 is 0. The third-order valence-electron chi connectivity index (χ3n) is 3.82. The number of rotatable bonds is 2. The van der Waals surface area contributed by atoms with Gasteiger partial charge in [-0.3, -0.25) is 9.59 Å². The molecule has 0 unspecified atom stereocenters. The highest BCUT2D eigenvalue weighted by molar-refractivity contribution is 7.99. The number of aryl methyl sites for hydroxylation is 1. The van der Waals surface area contributed by atoms with E-state index in [-0.39, 0.29) is 11.8 Å². The molecule has 1 aromatic carbocycles. The molecule has 2 amide bonds. The van der Waals surface area contributed by atoms with Crippen molar-refractivity contribution < 1.29 is 9.59 Å². The van der Waals surface area contributed by atoms with E-state index < -0.39 is 0 Å². The predicted molar refractivity (Wildman–Crippen MR) is 89.2 cm³/mol. The molecule has 0 aromatic heterocycles. The molecule has 1 saturated heterocycles. The average molecular weight is 317 g/mol. The molecule has 5 nitrogen and oxygen atoms in total. The molecule has 0 atom stereocenters. The van der Waals surface area contributed by atoms with Crippen molar-refractivity contribution in [3.05, 3.63) is 29.8 Å². The highest BCUT2D eigenvalue weighted by atomic mass is 32.2. The highest BCUT2D eigenvalue weighted by Gasteiger charge is 2.28. The fraction of sp³-hybridized carbons (Fsp3) is 0.438. The van der Waals surface area contributed by atoms with Crippen LogP contribution in [0.15, 0.2) is 29.4 Å². The number of carbonyl (C=O) groups is 2. The second-order valence-corrected chi connectivity index (χ2v) is 6.72. The maximum absolute atomic E-state index is 12.6. The van der Waals surface area contributed by atoms with E-state index in [9.17, 15) is 9.59 Å². The molecule has 1 fully saturated rings. The smallest absolute Gasteiger partial charge is 0.270 e. The van der Waals surface area contributed by atoms with E-state index in [2.05, 4.69) is 5.10 Å². The summed E-state index contributed by atoms with van der Waals surface area (Å²) in [7, 11) is 0. The highest BCUT2D eigenvalue weighted by Crippen LogP contribution is 2.22. The molecular formula is C16H19N3O2S. The topological polar surface area (TPSA) is 53.0 Å². The number of hydrogen-bond donors (Lipinski definition) is 0. The number of amides is 2. The fourth-order valence-corrected chi connectivity index (χ4v) is 3.52. The van der Waals surface area contributed by atoms with Gasteiger partial charge in [-0.05, 0) is 24.6 Å². The van der Waals surface area contributed by atoms with Gasteiger partial charge < -0.3 is 4.90 Å². The minimum absolute atomic E-state index is 0.0227. The van der Waals surface area contributed by atoms with E-state index in [1.807, 2.05) is 47.9 Å². The molecule has 0 aliphatic carbocycles. The Hall–Kier alpha value is -1.82. The van der Waals surface area contributed by atoms with Crippen LogP contribution in [0.1, 0.15) is 18.4 Å². The molecule has 0 spiro atoms. The summed E-state index contributed by atoms with van der Waals surface area (Å²) in [4.78, 5) is 26.5. The first-order valence-corrected chi connectivity index (χ1v) is 8.65. The molecule has 2 heterocycles. The Morgan fingerprint density at radius 1 is 1.23 bits per heavy atom. The predicted octanol–water partition coefficient (Wildman–Crippen LogP) is 2.05. The standard InChI is InChI=1S/C16H19N3O2S/c1-12-3-2-4-13(11-12)19-15(20)6-5-14(17-19)16(21)18-7-9-22-10-8-18/h2-4,11H,5-10H2,1H3. The first-order valence-electron chi connectivity index (χ1n) is 7.49. The molecule has 6 heteroatoms. The second-order valence-electron chi connectivity index (χ2n) is 5.50. The zero-order valence-corrected chi connectivity index (χ0v) is 13.4. The van der Waals surface area contributed by atoms with Crippen molar-refractivity contribution in [1.29, 1.82) is 0 Å². The summed E-state index contributed by atoms with van der Waals surface area (Å²) in [6.45, 7) is 3.50.